The SMILES string of the molecule is COC(=O)C1=NN2c3ccccc3C(=O)N([C@@H](C)c3ccccc3)C[C@H]2[C@@H]1c1ccccc1. The Morgan fingerprint density at radius 2 is 1.61 bits per heavy atom. The number of hydrogen-bond acceptors (Lipinski definition) is 5. The topological polar surface area (TPSA) is 62.2 Å². The number of amides is 1. The van der Waals surface area contributed by atoms with Crippen LogP contribution in [0.5, 0.6) is 0 Å². The molecule has 0 fully saturated rings. The fourth-order valence-corrected chi connectivity index (χ4v) is 4.84. The molecule has 0 unspecified atom stereocenters. The van der Waals surface area contributed by atoms with Gasteiger partial charge >= 0.3 is 5.97 Å². The molecule has 6 nitrogen and oxygen atoms in total. The number of nitrogens with zero attached hydrogens (tertiary/aromatic N) is 3. The average Bonchev–Trinajstić information content (AvgIpc) is 3.20. The fraction of sp³-hybridized carbons (Fsp3) is 0.222. The Hall–Kier alpha value is -3.93. The molecule has 6 heteroatoms. The molecule has 2 aliphatic heterocycles. The number of carbonyl (C=O) groups excluding carboxylic acids is 2. The summed E-state index contributed by atoms with van der Waals surface area (Å²) >= 11 is 0. The fourth-order valence-electron chi connectivity index (χ4n) is 4.84. The third kappa shape index (κ3) is 3.57. The van der Waals surface area contributed by atoms with Crippen LogP contribution in [0.1, 0.15) is 40.4 Å². The van der Waals surface area contributed by atoms with E-state index in [0.29, 0.717) is 23.5 Å². The lowest BCUT2D eigenvalue weighted by atomic mass is 9.87. The number of carbonyl (C=O) groups is 2. The van der Waals surface area contributed by atoms with Gasteiger partial charge in [-0.2, -0.15) is 5.10 Å². The number of methoxy groups -OCH3 is 1. The van der Waals surface area contributed by atoms with Gasteiger partial charge in [-0.25, -0.2) is 4.79 Å². The standard InChI is InChI=1S/C27H25N3O3/c1-18(19-11-5-3-6-12-19)29-17-23-24(20-13-7-4-8-14-20)25(27(32)33-2)28-30(23)22-16-10-9-15-21(22)26(29)31/h3-16,18,23-24H,17H2,1-2H3/t18-,23-,24-/m0/s1. The van der Waals surface area contributed by atoms with Crippen LogP contribution in [-0.4, -0.2) is 42.2 Å². The van der Waals surface area contributed by atoms with Crippen molar-refractivity contribution in [3.63, 3.8) is 0 Å². The van der Waals surface area contributed by atoms with Gasteiger partial charge in [0.25, 0.3) is 5.91 Å². The van der Waals surface area contributed by atoms with Crippen molar-refractivity contribution in [2.45, 2.75) is 24.9 Å². The van der Waals surface area contributed by atoms with E-state index < -0.39 is 5.97 Å². The number of anilines is 1. The molecule has 0 saturated heterocycles. The zero-order valence-electron chi connectivity index (χ0n) is 18.6. The summed E-state index contributed by atoms with van der Waals surface area (Å²) in [5, 5.41) is 6.58. The van der Waals surface area contributed by atoms with E-state index in [9.17, 15) is 9.59 Å². The van der Waals surface area contributed by atoms with Crippen LogP contribution in [0, 0.1) is 0 Å². The first-order valence-electron chi connectivity index (χ1n) is 11.1. The van der Waals surface area contributed by atoms with Crippen molar-refractivity contribution >= 4 is 23.3 Å². The lowest BCUT2D eigenvalue weighted by Gasteiger charge is -2.33. The molecule has 1 amide bonds. The minimum absolute atomic E-state index is 0.0435. The molecule has 0 radical (unpaired) electrons. The third-order valence-electron chi connectivity index (χ3n) is 6.54. The molecular weight excluding hydrogens is 414 g/mol. The van der Waals surface area contributed by atoms with Crippen LogP contribution in [0.2, 0.25) is 0 Å². The monoisotopic (exact) mass is 439 g/mol. The first-order chi connectivity index (χ1) is 16.1. The van der Waals surface area contributed by atoms with Gasteiger partial charge in [0, 0.05) is 6.54 Å². The van der Waals surface area contributed by atoms with Crippen LogP contribution in [0.15, 0.2) is 90.0 Å². The molecule has 5 rings (SSSR count). The third-order valence-corrected chi connectivity index (χ3v) is 6.54. The van der Waals surface area contributed by atoms with Gasteiger partial charge in [-0.3, -0.25) is 9.80 Å². The van der Waals surface area contributed by atoms with Crippen LogP contribution >= 0.6 is 0 Å². The molecular formula is C27H25N3O3. The second-order valence-electron chi connectivity index (χ2n) is 8.34. The number of benzene rings is 3. The lowest BCUT2D eigenvalue weighted by Crippen LogP contribution is -2.44. The van der Waals surface area contributed by atoms with E-state index in [4.69, 9.17) is 9.84 Å². The number of para-hydroxylation sites is 1. The van der Waals surface area contributed by atoms with Gasteiger partial charge in [-0.05, 0) is 30.2 Å². The van der Waals surface area contributed by atoms with Gasteiger partial charge in [0.1, 0.15) is 0 Å². The van der Waals surface area contributed by atoms with Crippen LogP contribution in [0.4, 0.5) is 5.69 Å². The predicted octanol–water partition coefficient (Wildman–Crippen LogP) is 4.41. The van der Waals surface area contributed by atoms with Crippen LogP contribution in [0.3, 0.4) is 0 Å². The Bertz CT molecular complexity index is 1210. The number of fused-ring (bicyclic) bond motifs is 3. The van der Waals surface area contributed by atoms with Gasteiger partial charge in [0.2, 0.25) is 0 Å². The number of esters is 1. The van der Waals surface area contributed by atoms with Crippen LogP contribution in [0.25, 0.3) is 0 Å². The number of rotatable bonds is 4. The zero-order chi connectivity index (χ0) is 22.9. The lowest BCUT2D eigenvalue weighted by molar-refractivity contribution is -0.132. The second kappa shape index (κ2) is 8.54. The van der Waals surface area contributed by atoms with Gasteiger partial charge in [0.15, 0.2) is 5.71 Å². The Kier molecular flexibility index (Phi) is 5.42. The maximum Gasteiger partial charge on any atom is 0.354 e. The molecule has 3 aromatic rings. The van der Waals surface area contributed by atoms with Crippen molar-refractivity contribution in [1.29, 1.82) is 0 Å². The first kappa shape index (κ1) is 20.9. The van der Waals surface area contributed by atoms with Gasteiger partial charge in [0.05, 0.1) is 36.4 Å². The Labute approximate surface area is 193 Å². The van der Waals surface area contributed by atoms with E-state index in [1.165, 1.54) is 7.11 Å². The first-order valence-corrected chi connectivity index (χ1v) is 11.1. The van der Waals surface area contributed by atoms with Crippen molar-refractivity contribution < 1.29 is 14.3 Å². The summed E-state index contributed by atoms with van der Waals surface area (Å²) in [4.78, 5) is 28.4. The smallest absolute Gasteiger partial charge is 0.354 e. The largest absolute Gasteiger partial charge is 0.464 e. The highest BCUT2D eigenvalue weighted by Crippen LogP contribution is 2.41. The molecule has 33 heavy (non-hydrogen) atoms. The summed E-state index contributed by atoms with van der Waals surface area (Å²) in [6.07, 6.45) is 0. The van der Waals surface area contributed by atoms with Gasteiger partial charge in [-0.1, -0.05) is 72.8 Å². The molecule has 0 spiro atoms. The molecule has 0 N–H and O–H groups in total. The molecule has 0 bridgehead atoms. The molecule has 2 heterocycles. The van der Waals surface area contributed by atoms with Crippen LogP contribution in [-0.2, 0) is 9.53 Å². The summed E-state index contributed by atoms with van der Waals surface area (Å²) in [5.41, 5.74) is 3.65. The van der Waals surface area contributed by atoms with Crippen molar-refractivity contribution in [2.75, 3.05) is 18.7 Å². The van der Waals surface area contributed by atoms with Crippen molar-refractivity contribution in [3.05, 3.63) is 102 Å². The molecule has 0 aliphatic carbocycles. The van der Waals surface area contributed by atoms with E-state index in [1.54, 1.807) is 0 Å². The molecule has 0 aromatic heterocycles. The summed E-state index contributed by atoms with van der Waals surface area (Å²) in [6.45, 7) is 2.45. The average molecular weight is 440 g/mol. The molecule has 3 aromatic carbocycles. The number of hydrazone groups is 1. The normalized spacial score (nSPS) is 20.4. The Balaban J connectivity index is 1.66. The minimum atomic E-state index is -0.455. The van der Waals surface area contributed by atoms with E-state index in [1.807, 2.05) is 102 Å². The maximum atomic E-state index is 13.8. The Morgan fingerprint density at radius 3 is 2.30 bits per heavy atom. The molecule has 2 aliphatic rings. The molecule has 0 saturated carbocycles. The Morgan fingerprint density at radius 1 is 0.970 bits per heavy atom. The highest BCUT2D eigenvalue weighted by Gasteiger charge is 2.47. The highest BCUT2D eigenvalue weighted by molar-refractivity contribution is 6.39. The summed E-state index contributed by atoms with van der Waals surface area (Å²) in [6, 6.07) is 26.9. The van der Waals surface area contributed by atoms with Crippen LogP contribution < -0.4 is 5.01 Å². The van der Waals surface area contributed by atoms with E-state index in [2.05, 4.69) is 0 Å². The summed E-state index contributed by atoms with van der Waals surface area (Å²) in [7, 11) is 1.37. The van der Waals surface area contributed by atoms with Gasteiger partial charge < -0.3 is 9.64 Å². The van der Waals surface area contributed by atoms with E-state index in [-0.39, 0.29) is 23.9 Å². The minimum Gasteiger partial charge on any atom is -0.464 e. The maximum absolute atomic E-state index is 13.8. The second-order valence-corrected chi connectivity index (χ2v) is 8.34. The predicted molar refractivity (Wildman–Crippen MR) is 127 cm³/mol. The summed E-state index contributed by atoms with van der Waals surface area (Å²) < 4.78 is 5.10. The quantitative estimate of drug-likeness (QED) is 0.565. The molecule has 3 atom stereocenters. The van der Waals surface area contributed by atoms with E-state index in [0.717, 1.165) is 11.1 Å². The van der Waals surface area contributed by atoms with Crippen molar-refractivity contribution in [1.82, 2.24) is 4.90 Å². The van der Waals surface area contributed by atoms with E-state index >= 15 is 0 Å². The molecule has 166 valence electrons. The highest BCUT2D eigenvalue weighted by atomic mass is 16.5. The number of ether oxygens (including phenoxy) is 1. The number of hydrogen-bond donors (Lipinski definition) is 0. The zero-order valence-corrected chi connectivity index (χ0v) is 18.6. The van der Waals surface area contributed by atoms with Crippen molar-refractivity contribution in [3.8, 4) is 0 Å². The van der Waals surface area contributed by atoms with Crippen molar-refractivity contribution in [2.24, 2.45) is 5.10 Å². The summed E-state index contributed by atoms with van der Waals surface area (Å²) in [5.74, 6) is -0.829. The van der Waals surface area contributed by atoms with Gasteiger partial charge in [-0.15, -0.1) is 0 Å².